The lowest BCUT2D eigenvalue weighted by atomic mass is 9.92. The molecule has 2 amide bonds. The highest BCUT2D eigenvalue weighted by atomic mass is 16.5. The topological polar surface area (TPSA) is 85.7 Å². The highest BCUT2D eigenvalue weighted by Crippen LogP contribution is 2.29. The van der Waals surface area contributed by atoms with Crippen LogP contribution in [0.4, 0.5) is 5.82 Å². The molecule has 2 aromatic carbocycles. The van der Waals surface area contributed by atoms with Crippen LogP contribution in [0.3, 0.4) is 0 Å². The Kier molecular flexibility index (Phi) is 9.20. The molecule has 8 heteroatoms. The van der Waals surface area contributed by atoms with E-state index in [4.69, 9.17) is 14.6 Å². The molecule has 1 heterocycles. The maximum Gasteiger partial charge on any atom is 0.258 e. The van der Waals surface area contributed by atoms with E-state index in [1.807, 2.05) is 39.0 Å². The van der Waals surface area contributed by atoms with Crippen LogP contribution < -0.4 is 14.8 Å². The fourth-order valence-electron chi connectivity index (χ4n) is 4.17. The van der Waals surface area contributed by atoms with Crippen LogP contribution in [0.1, 0.15) is 67.7 Å². The lowest BCUT2D eigenvalue weighted by Crippen LogP contribution is -2.39. The van der Waals surface area contributed by atoms with Crippen LogP contribution in [0.5, 0.6) is 11.5 Å². The molecular weight excluding hydrogens is 480 g/mol. The highest BCUT2D eigenvalue weighted by molar-refractivity contribution is 6.01. The van der Waals surface area contributed by atoms with Gasteiger partial charge in [0.15, 0.2) is 0 Å². The number of nitrogens with zero attached hydrogens (tertiary/aromatic N) is 3. The maximum absolute atomic E-state index is 13.5. The van der Waals surface area contributed by atoms with Crippen molar-refractivity contribution in [3.8, 4) is 17.2 Å². The number of hydrogen-bond donors (Lipinski definition) is 1. The number of carbonyl (C=O) groups excluding carboxylic acids is 2. The van der Waals surface area contributed by atoms with E-state index in [0.29, 0.717) is 29.4 Å². The molecule has 1 aromatic heterocycles. The number of anilines is 1. The summed E-state index contributed by atoms with van der Waals surface area (Å²) >= 11 is 0. The third-order valence-electron chi connectivity index (χ3n) is 6.37. The quantitative estimate of drug-likeness (QED) is 0.371. The van der Waals surface area contributed by atoms with E-state index in [9.17, 15) is 9.59 Å². The Morgan fingerprint density at radius 2 is 1.76 bits per heavy atom. The number of aromatic nitrogens is 2. The first-order chi connectivity index (χ1) is 18.0. The average molecular weight is 521 g/mol. The van der Waals surface area contributed by atoms with E-state index in [2.05, 4.69) is 32.2 Å². The molecule has 0 saturated heterocycles. The molecule has 0 radical (unpaired) electrons. The lowest BCUT2D eigenvalue weighted by Gasteiger charge is -2.23. The van der Waals surface area contributed by atoms with Gasteiger partial charge in [0.2, 0.25) is 5.91 Å². The zero-order valence-corrected chi connectivity index (χ0v) is 23.8. The second-order valence-corrected chi connectivity index (χ2v) is 10.6. The highest BCUT2D eigenvalue weighted by Gasteiger charge is 2.25. The summed E-state index contributed by atoms with van der Waals surface area (Å²) in [7, 11) is 3.07. The molecule has 0 saturated carbocycles. The minimum Gasteiger partial charge on any atom is -0.497 e. The van der Waals surface area contributed by atoms with E-state index in [1.54, 1.807) is 34.9 Å². The molecule has 38 heavy (non-hydrogen) atoms. The van der Waals surface area contributed by atoms with Gasteiger partial charge in [0.25, 0.3) is 5.91 Å². The van der Waals surface area contributed by atoms with Crippen molar-refractivity contribution in [2.45, 2.75) is 59.8 Å². The molecule has 0 bridgehead atoms. The first-order valence-corrected chi connectivity index (χ1v) is 13.0. The number of aryl methyl sites for hydroxylation is 2. The van der Waals surface area contributed by atoms with Crippen LogP contribution in [0.2, 0.25) is 0 Å². The van der Waals surface area contributed by atoms with E-state index in [-0.39, 0.29) is 23.8 Å². The first-order valence-electron chi connectivity index (χ1n) is 13.0. The van der Waals surface area contributed by atoms with Crippen LogP contribution in [-0.4, -0.2) is 53.8 Å². The second-order valence-electron chi connectivity index (χ2n) is 10.6. The van der Waals surface area contributed by atoms with Crippen molar-refractivity contribution < 1.29 is 19.1 Å². The predicted octanol–water partition coefficient (Wildman–Crippen LogP) is 5.68. The third kappa shape index (κ3) is 6.73. The van der Waals surface area contributed by atoms with Crippen molar-refractivity contribution in [3.63, 3.8) is 0 Å². The van der Waals surface area contributed by atoms with Crippen molar-refractivity contribution in [1.29, 1.82) is 0 Å². The monoisotopic (exact) mass is 520 g/mol. The second kappa shape index (κ2) is 12.2. The van der Waals surface area contributed by atoms with E-state index >= 15 is 0 Å². The summed E-state index contributed by atoms with van der Waals surface area (Å²) in [5.74, 6) is 0.987. The van der Waals surface area contributed by atoms with Gasteiger partial charge in [-0.2, -0.15) is 5.10 Å². The fourth-order valence-corrected chi connectivity index (χ4v) is 4.17. The zero-order valence-electron chi connectivity index (χ0n) is 23.8. The van der Waals surface area contributed by atoms with Crippen LogP contribution in [-0.2, 0) is 10.2 Å². The van der Waals surface area contributed by atoms with Crippen LogP contribution in [0, 0.1) is 13.8 Å². The smallest absolute Gasteiger partial charge is 0.258 e. The molecule has 0 fully saturated rings. The number of ether oxygens (including phenoxy) is 2. The van der Waals surface area contributed by atoms with Crippen molar-refractivity contribution in [2.24, 2.45) is 0 Å². The Labute approximate surface area is 225 Å². The SMILES string of the molecule is CCCCN(CC(=O)Nc1cc(C(C)(C)C)nn1-c1ccc(C)cc1C)C(=O)c1ccc(OC)cc1OC. The van der Waals surface area contributed by atoms with Crippen molar-refractivity contribution in [2.75, 3.05) is 32.6 Å². The summed E-state index contributed by atoms with van der Waals surface area (Å²) < 4.78 is 12.5. The molecule has 3 aromatic rings. The molecular formula is C30H40N4O4. The number of unbranched alkanes of at least 4 members (excludes halogenated alkanes) is 1. The standard InChI is InChI=1S/C30H40N4O4/c1-9-10-15-33(29(36)23-13-12-22(37-7)17-25(23)38-8)19-28(35)31-27-18-26(30(4,5)6)32-34(27)24-14-11-20(2)16-21(24)3/h11-14,16-18H,9-10,15,19H2,1-8H3,(H,31,35). The van der Waals surface area contributed by atoms with Crippen LogP contribution in [0.25, 0.3) is 5.69 Å². The summed E-state index contributed by atoms with van der Waals surface area (Å²) in [5, 5.41) is 7.86. The largest absolute Gasteiger partial charge is 0.497 e. The summed E-state index contributed by atoms with van der Waals surface area (Å²) in [6.07, 6.45) is 1.66. The average Bonchev–Trinajstić information content (AvgIpc) is 3.29. The van der Waals surface area contributed by atoms with Gasteiger partial charge in [-0.15, -0.1) is 0 Å². The number of hydrogen-bond acceptors (Lipinski definition) is 5. The molecule has 1 N–H and O–H groups in total. The Hall–Kier alpha value is -3.81. The minimum absolute atomic E-state index is 0.100. The normalized spacial score (nSPS) is 11.3. The summed E-state index contributed by atoms with van der Waals surface area (Å²) in [6, 6.07) is 13.1. The van der Waals surface area contributed by atoms with Gasteiger partial charge in [-0.3, -0.25) is 9.59 Å². The van der Waals surface area contributed by atoms with Gasteiger partial charge < -0.3 is 19.7 Å². The molecule has 8 nitrogen and oxygen atoms in total. The van der Waals surface area contributed by atoms with Gasteiger partial charge in [-0.05, 0) is 44.0 Å². The Balaban J connectivity index is 1.91. The molecule has 0 atom stereocenters. The number of carbonyl (C=O) groups is 2. The van der Waals surface area contributed by atoms with Gasteiger partial charge >= 0.3 is 0 Å². The fraction of sp³-hybridized carbons (Fsp3) is 0.433. The third-order valence-corrected chi connectivity index (χ3v) is 6.37. The summed E-state index contributed by atoms with van der Waals surface area (Å²) in [4.78, 5) is 28.4. The zero-order chi connectivity index (χ0) is 28.0. The van der Waals surface area contributed by atoms with Gasteiger partial charge in [-0.25, -0.2) is 4.68 Å². The molecule has 0 aliphatic heterocycles. The Morgan fingerprint density at radius 3 is 2.37 bits per heavy atom. The number of methoxy groups -OCH3 is 2. The van der Waals surface area contributed by atoms with Gasteiger partial charge in [-0.1, -0.05) is 51.8 Å². The lowest BCUT2D eigenvalue weighted by molar-refractivity contribution is -0.117. The summed E-state index contributed by atoms with van der Waals surface area (Å²) in [6.45, 7) is 12.7. The summed E-state index contributed by atoms with van der Waals surface area (Å²) in [5.41, 5.74) is 4.12. The van der Waals surface area contributed by atoms with E-state index in [1.165, 1.54) is 7.11 Å². The number of amides is 2. The van der Waals surface area contributed by atoms with Crippen LogP contribution in [0.15, 0.2) is 42.5 Å². The maximum atomic E-state index is 13.5. The molecule has 0 aliphatic rings. The molecule has 3 rings (SSSR count). The minimum atomic E-state index is -0.298. The van der Waals surface area contributed by atoms with E-state index < -0.39 is 0 Å². The number of nitrogens with one attached hydrogen (secondary N) is 1. The Morgan fingerprint density at radius 1 is 1.03 bits per heavy atom. The van der Waals surface area contributed by atoms with Gasteiger partial charge in [0.1, 0.15) is 23.9 Å². The van der Waals surface area contributed by atoms with Crippen molar-refractivity contribution in [1.82, 2.24) is 14.7 Å². The first kappa shape index (κ1) is 28.8. The van der Waals surface area contributed by atoms with Crippen molar-refractivity contribution >= 4 is 17.6 Å². The number of benzene rings is 2. The Bertz CT molecular complexity index is 1290. The molecule has 0 aliphatic carbocycles. The van der Waals surface area contributed by atoms with Gasteiger partial charge in [0, 0.05) is 24.1 Å². The van der Waals surface area contributed by atoms with Crippen LogP contribution >= 0.6 is 0 Å². The predicted molar refractivity (Wildman–Crippen MR) is 151 cm³/mol. The molecule has 0 unspecified atom stereocenters. The molecule has 0 spiro atoms. The molecule has 204 valence electrons. The van der Waals surface area contributed by atoms with Crippen molar-refractivity contribution in [3.05, 3.63) is 64.8 Å². The van der Waals surface area contributed by atoms with E-state index in [0.717, 1.165) is 35.3 Å². The van der Waals surface area contributed by atoms with Gasteiger partial charge in [0.05, 0.1) is 31.2 Å². The number of rotatable bonds is 10.